The largest absolute Gasteiger partial charge is 0.350 e. The summed E-state index contributed by atoms with van der Waals surface area (Å²) in [5.41, 5.74) is 0. The molecular formula is C18H28N2O2. The van der Waals surface area contributed by atoms with Crippen molar-refractivity contribution in [1.29, 1.82) is 0 Å². The van der Waals surface area contributed by atoms with Crippen LogP contribution in [-0.4, -0.2) is 23.9 Å². The van der Waals surface area contributed by atoms with Crippen LogP contribution >= 0.6 is 0 Å². The van der Waals surface area contributed by atoms with Crippen LogP contribution in [0.3, 0.4) is 0 Å². The molecule has 2 amide bonds. The van der Waals surface area contributed by atoms with Gasteiger partial charge in [-0.2, -0.15) is 0 Å². The summed E-state index contributed by atoms with van der Waals surface area (Å²) >= 11 is 0. The lowest BCUT2D eigenvalue weighted by Gasteiger charge is -2.22. The number of hydrogen-bond acceptors (Lipinski definition) is 2. The van der Waals surface area contributed by atoms with Crippen LogP contribution in [0.15, 0.2) is 24.3 Å². The Morgan fingerprint density at radius 3 is 1.36 bits per heavy atom. The van der Waals surface area contributed by atoms with Crippen LogP contribution < -0.4 is 10.6 Å². The molecule has 0 aromatic heterocycles. The van der Waals surface area contributed by atoms with E-state index in [-0.39, 0.29) is 11.8 Å². The smallest absolute Gasteiger partial charge is 0.244 e. The van der Waals surface area contributed by atoms with Crippen LogP contribution in [0.5, 0.6) is 0 Å². The zero-order chi connectivity index (χ0) is 15.6. The Balaban J connectivity index is 1.64. The van der Waals surface area contributed by atoms with Crippen molar-refractivity contribution in [2.75, 3.05) is 0 Å². The SMILES string of the molecule is O=C(/C=C\C=C/C(=O)NC1CCCCC1)NC1CCCCC1. The zero-order valence-electron chi connectivity index (χ0n) is 13.4. The highest BCUT2D eigenvalue weighted by molar-refractivity contribution is 5.90. The van der Waals surface area contributed by atoms with E-state index >= 15 is 0 Å². The molecule has 0 aromatic carbocycles. The Morgan fingerprint density at radius 1 is 0.636 bits per heavy atom. The van der Waals surface area contributed by atoms with Crippen LogP contribution in [-0.2, 0) is 9.59 Å². The van der Waals surface area contributed by atoms with Crippen LogP contribution in [0.25, 0.3) is 0 Å². The van der Waals surface area contributed by atoms with Crippen molar-refractivity contribution in [2.24, 2.45) is 0 Å². The van der Waals surface area contributed by atoms with Gasteiger partial charge in [-0.3, -0.25) is 9.59 Å². The molecule has 0 spiro atoms. The van der Waals surface area contributed by atoms with Crippen LogP contribution in [0, 0.1) is 0 Å². The number of amides is 2. The lowest BCUT2D eigenvalue weighted by Crippen LogP contribution is -2.35. The van der Waals surface area contributed by atoms with E-state index in [0.29, 0.717) is 12.1 Å². The Hall–Kier alpha value is -1.58. The monoisotopic (exact) mass is 304 g/mol. The molecule has 0 atom stereocenters. The summed E-state index contributed by atoms with van der Waals surface area (Å²) in [7, 11) is 0. The van der Waals surface area contributed by atoms with E-state index in [1.165, 1.54) is 50.7 Å². The van der Waals surface area contributed by atoms with E-state index in [2.05, 4.69) is 10.6 Å². The maximum atomic E-state index is 11.7. The second kappa shape index (κ2) is 9.44. The van der Waals surface area contributed by atoms with Gasteiger partial charge < -0.3 is 10.6 Å². The van der Waals surface area contributed by atoms with Crippen LogP contribution in [0.1, 0.15) is 64.2 Å². The minimum absolute atomic E-state index is 0.0655. The fourth-order valence-corrected chi connectivity index (χ4v) is 3.28. The number of carbonyl (C=O) groups is 2. The molecule has 2 aliphatic rings. The molecule has 4 nitrogen and oxygen atoms in total. The molecule has 2 fully saturated rings. The molecule has 4 heteroatoms. The zero-order valence-corrected chi connectivity index (χ0v) is 13.4. The van der Waals surface area contributed by atoms with Crippen molar-refractivity contribution in [3.05, 3.63) is 24.3 Å². The van der Waals surface area contributed by atoms with E-state index < -0.39 is 0 Å². The molecule has 0 aromatic rings. The average molecular weight is 304 g/mol. The van der Waals surface area contributed by atoms with E-state index in [9.17, 15) is 9.59 Å². The number of hydrogen-bond donors (Lipinski definition) is 2. The maximum Gasteiger partial charge on any atom is 0.244 e. The molecule has 0 unspecified atom stereocenters. The summed E-state index contributed by atoms with van der Waals surface area (Å²) in [6.07, 6.45) is 18.0. The minimum Gasteiger partial charge on any atom is -0.350 e. The van der Waals surface area contributed by atoms with Crippen molar-refractivity contribution in [1.82, 2.24) is 10.6 Å². The summed E-state index contributed by atoms with van der Waals surface area (Å²) in [5.74, 6) is -0.131. The Bertz CT molecular complexity index is 377. The highest BCUT2D eigenvalue weighted by Gasteiger charge is 2.14. The summed E-state index contributed by atoms with van der Waals surface area (Å²) in [4.78, 5) is 23.5. The predicted octanol–water partition coefficient (Wildman–Crippen LogP) is 3.00. The van der Waals surface area contributed by atoms with Gasteiger partial charge in [0.2, 0.25) is 11.8 Å². The third kappa shape index (κ3) is 6.46. The molecule has 2 rings (SSSR count). The van der Waals surface area contributed by atoms with Crippen LogP contribution in [0.4, 0.5) is 0 Å². The Labute approximate surface area is 133 Å². The average Bonchev–Trinajstić information content (AvgIpc) is 2.53. The normalized spacial score (nSPS) is 21.3. The first-order chi connectivity index (χ1) is 10.7. The highest BCUT2D eigenvalue weighted by atomic mass is 16.2. The lowest BCUT2D eigenvalue weighted by atomic mass is 9.95. The van der Waals surface area contributed by atoms with Gasteiger partial charge in [0, 0.05) is 24.2 Å². The van der Waals surface area contributed by atoms with E-state index in [0.717, 1.165) is 25.7 Å². The van der Waals surface area contributed by atoms with Gasteiger partial charge in [0.05, 0.1) is 0 Å². The van der Waals surface area contributed by atoms with Crippen molar-refractivity contribution in [3.8, 4) is 0 Å². The van der Waals surface area contributed by atoms with E-state index in [4.69, 9.17) is 0 Å². The molecular weight excluding hydrogens is 276 g/mol. The lowest BCUT2D eigenvalue weighted by molar-refractivity contribution is -0.118. The van der Waals surface area contributed by atoms with E-state index in [1.54, 1.807) is 12.2 Å². The maximum absolute atomic E-state index is 11.7. The quantitative estimate of drug-likeness (QED) is 0.606. The number of nitrogens with one attached hydrogen (secondary N) is 2. The summed E-state index contributed by atoms with van der Waals surface area (Å²) in [6, 6.07) is 0.647. The van der Waals surface area contributed by atoms with Gasteiger partial charge in [0.15, 0.2) is 0 Å². The second-order valence-electron chi connectivity index (χ2n) is 6.41. The molecule has 2 N–H and O–H groups in total. The van der Waals surface area contributed by atoms with Gasteiger partial charge in [-0.05, 0) is 25.7 Å². The molecule has 22 heavy (non-hydrogen) atoms. The topological polar surface area (TPSA) is 58.2 Å². The first-order valence-corrected chi connectivity index (χ1v) is 8.70. The van der Waals surface area contributed by atoms with Crippen molar-refractivity contribution < 1.29 is 9.59 Å². The van der Waals surface area contributed by atoms with Gasteiger partial charge >= 0.3 is 0 Å². The van der Waals surface area contributed by atoms with Crippen molar-refractivity contribution in [3.63, 3.8) is 0 Å². The van der Waals surface area contributed by atoms with E-state index in [1.807, 2.05) is 0 Å². The number of carbonyl (C=O) groups excluding carboxylic acids is 2. The number of allylic oxidation sites excluding steroid dienone is 2. The molecule has 2 aliphatic carbocycles. The predicted molar refractivity (Wildman–Crippen MR) is 88.3 cm³/mol. The van der Waals surface area contributed by atoms with Crippen molar-refractivity contribution >= 4 is 11.8 Å². The third-order valence-corrected chi connectivity index (χ3v) is 4.51. The molecule has 2 saturated carbocycles. The third-order valence-electron chi connectivity index (χ3n) is 4.51. The summed E-state index contributed by atoms with van der Waals surface area (Å²) in [5, 5.41) is 6.02. The first-order valence-electron chi connectivity index (χ1n) is 8.70. The second-order valence-corrected chi connectivity index (χ2v) is 6.41. The van der Waals surface area contributed by atoms with Gasteiger partial charge in [0.1, 0.15) is 0 Å². The standard InChI is InChI=1S/C18H28N2O2/c21-17(19-15-9-3-1-4-10-15)13-7-8-14-18(22)20-16-11-5-2-6-12-16/h7-8,13-16H,1-6,9-12H2,(H,19,21)(H,20,22)/b13-7-,14-8-. The molecule has 0 aliphatic heterocycles. The molecule has 0 radical (unpaired) electrons. The molecule has 0 saturated heterocycles. The fraction of sp³-hybridized carbons (Fsp3) is 0.667. The molecule has 122 valence electrons. The van der Waals surface area contributed by atoms with Gasteiger partial charge in [-0.25, -0.2) is 0 Å². The molecule has 0 heterocycles. The summed E-state index contributed by atoms with van der Waals surface area (Å²) < 4.78 is 0. The van der Waals surface area contributed by atoms with Crippen molar-refractivity contribution in [2.45, 2.75) is 76.3 Å². The highest BCUT2D eigenvalue weighted by Crippen LogP contribution is 2.17. The molecule has 0 bridgehead atoms. The first kappa shape index (κ1) is 16.8. The number of rotatable bonds is 5. The summed E-state index contributed by atoms with van der Waals surface area (Å²) in [6.45, 7) is 0. The Morgan fingerprint density at radius 2 is 1.00 bits per heavy atom. The minimum atomic E-state index is -0.0655. The van der Waals surface area contributed by atoms with Gasteiger partial charge in [-0.1, -0.05) is 50.7 Å². The Kier molecular flexibility index (Phi) is 7.20. The van der Waals surface area contributed by atoms with Gasteiger partial charge in [0.25, 0.3) is 0 Å². The van der Waals surface area contributed by atoms with Crippen LogP contribution in [0.2, 0.25) is 0 Å². The van der Waals surface area contributed by atoms with Gasteiger partial charge in [-0.15, -0.1) is 0 Å². The fourth-order valence-electron chi connectivity index (χ4n) is 3.28.